The number of carbonyl (C=O) groups is 2. The molecule has 1 aromatic heterocycles. The number of anilines is 1. The zero-order valence-corrected chi connectivity index (χ0v) is 18.5. The summed E-state index contributed by atoms with van der Waals surface area (Å²) in [6.45, 7) is 2.03. The highest BCUT2D eigenvalue weighted by Gasteiger charge is 2.48. The molecule has 8 heteroatoms. The van der Waals surface area contributed by atoms with E-state index in [4.69, 9.17) is 9.72 Å². The molecule has 0 saturated heterocycles. The smallest absolute Gasteiger partial charge is 0.321 e. The van der Waals surface area contributed by atoms with E-state index in [-0.39, 0.29) is 24.7 Å². The monoisotopic (exact) mass is 457 g/mol. The van der Waals surface area contributed by atoms with Crippen molar-refractivity contribution in [2.45, 2.75) is 19.5 Å². The Morgan fingerprint density at radius 1 is 1.00 bits per heavy atom. The molecule has 1 amide bonds. The number of phenols is 2. The lowest BCUT2D eigenvalue weighted by atomic mass is 9.89. The van der Waals surface area contributed by atoms with E-state index >= 15 is 0 Å². The first-order chi connectivity index (χ1) is 16.5. The molecule has 1 aliphatic heterocycles. The third-order valence-electron chi connectivity index (χ3n) is 6.01. The first-order valence-electron chi connectivity index (χ1n) is 11.0. The van der Waals surface area contributed by atoms with E-state index in [1.807, 2.05) is 59.2 Å². The van der Waals surface area contributed by atoms with Crippen LogP contribution < -0.4 is 4.90 Å². The second-order valence-corrected chi connectivity index (χ2v) is 8.10. The van der Waals surface area contributed by atoms with E-state index < -0.39 is 23.8 Å². The van der Waals surface area contributed by atoms with Crippen molar-refractivity contribution in [2.75, 3.05) is 11.5 Å². The summed E-state index contributed by atoms with van der Waals surface area (Å²) in [6, 6.07) is 20.4. The summed E-state index contributed by atoms with van der Waals surface area (Å²) in [5.74, 6) is -2.55. The molecule has 0 spiro atoms. The number of imidazole rings is 1. The Hall–Kier alpha value is -4.33. The summed E-state index contributed by atoms with van der Waals surface area (Å²) < 4.78 is 7.17. The third-order valence-corrected chi connectivity index (χ3v) is 6.01. The van der Waals surface area contributed by atoms with Crippen LogP contribution >= 0.6 is 0 Å². The lowest BCUT2D eigenvalue weighted by molar-refractivity contribution is -0.153. The van der Waals surface area contributed by atoms with Crippen LogP contribution in [0.5, 0.6) is 11.5 Å². The molecule has 172 valence electrons. The average molecular weight is 457 g/mol. The minimum atomic E-state index is -1.21. The van der Waals surface area contributed by atoms with Gasteiger partial charge in [0, 0.05) is 0 Å². The molecule has 0 bridgehead atoms. The number of hydrogen-bond donors (Lipinski definition) is 2. The second-order valence-electron chi connectivity index (χ2n) is 8.10. The fraction of sp³-hybridized carbons (Fsp3) is 0.192. The van der Waals surface area contributed by atoms with Crippen LogP contribution in [0.4, 0.5) is 5.95 Å². The fourth-order valence-electron chi connectivity index (χ4n) is 4.49. The van der Waals surface area contributed by atoms with Crippen molar-refractivity contribution >= 4 is 28.9 Å². The van der Waals surface area contributed by atoms with E-state index in [1.54, 1.807) is 13.0 Å². The number of carbonyl (C=O) groups excluding carboxylic acids is 2. The predicted molar refractivity (Wildman–Crippen MR) is 125 cm³/mol. The van der Waals surface area contributed by atoms with Gasteiger partial charge in [0.2, 0.25) is 11.9 Å². The van der Waals surface area contributed by atoms with Crippen molar-refractivity contribution < 1.29 is 24.5 Å². The van der Waals surface area contributed by atoms with Crippen LogP contribution in [0.3, 0.4) is 0 Å². The second kappa shape index (κ2) is 8.55. The number of benzene rings is 3. The predicted octanol–water partition coefficient (Wildman–Crippen LogP) is 3.76. The largest absolute Gasteiger partial charge is 0.504 e. The number of aromatic hydroxyl groups is 2. The molecular formula is C26H23N3O5. The Bertz CT molecular complexity index is 1380. The molecule has 0 unspecified atom stereocenters. The van der Waals surface area contributed by atoms with Crippen molar-refractivity contribution in [3.63, 3.8) is 0 Å². The highest BCUT2D eigenvalue weighted by Crippen LogP contribution is 2.43. The summed E-state index contributed by atoms with van der Waals surface area (Å²) in [7, 11) is 0. The van der Waals surface area contributed by atoms with Crippen molar-refractivity contribution in [3.8, 4) is 11.5 Å². The Morgan fingerprint density at radius 3 is 2.47 bits per heavy atom. The summed E-state index contributed by atoms with van der Waals surface area (Å²) in [5.41, 5.74) is 2.76. The van der Waals surface area contributed by atoms with Crippen LogP contribution in [0.2, 0.25) is 0 Å². The van der Waals surface area contributed by atoms with Gasteiger partial charge in [0.15, 0.2) is 17.4 Å². The molecule has 0 aliphatic carbocycles. The molecule has 0 fully saturated rings. The number of aromatic nitrogens is 2. The van der Waals surface area contributed by atoms with Crippen molar-refractivity contribution in [1.82, 2.24) is 9.55 Å². The number of hydrogen-bond acceptors (Lipinski definition) is 6. The van der Waals surface area contributed by atoms with E-state index in [1.165, 1.54) is 17.0 Å². The Kier molecular flexibility index (Phi) is 5.41. The minimum Gasteiger partial charge on any atom is -0.504 e. The lowest BCUT2D eigenvalue weighted by Crippen LogP contribution is -2.49. The van der Waals surface area contributed by atoms with Crippen molar-refractivity contribution in [2.24, 2.45) is 5.92 Å². The number of esters is 1. The maximum absolute atomic E-state index is 13.9. The molecule has 2 atom stereocenters. The van der Waals surface area contributed by atoms with E-state index in [0.29, 0.717) is 17.0 Å². The summed E-state index contributed by atoms with van der Waals surface area (Å²) in [6.07, 6.45) is 0. The van der Waals surface area contributed by atoms with Crippen LogP contribution in [0.1, 0.15) is 24.1 Å². The SMILES string of the molecule is CCOC(=O)[C@H]1C(=O)N(Cc2ccccc2)c2nc3ccccc3n2[C@@H]1c1ccc(O)c(O)c1. The Balaban J connectivity index is 1.76. The summed E-state index contributed by atoms with van der Waals surface area (Å²) in [4.78, 5) is 33.3. The Morgan fingerprint density at radius 2 is 1.74 bits per heavy atom. The van der Waals surface area contributed by atoms with Gasteiger partial charge in [0.25, 0.3) is 0 Å². The highest BCUT2D eigenvalue weighted by atomic mass is 16.5. The van der Waals surface area contributed by atoms with Crippen LogP contribution in [0.25, 0.3) is 11.0 Å². The number of para-hydroxylation sites is 2. The zero-order chi connectivity index (χ0) is 23.8. The molecule has 0 radical (unpaired) electrons. The molecule has 2 heterocycles. The van der Waals surface area contributed by atoms with Gasteiger partial charge in [-0.05, 0) is 42.3 Å². The van der Waals surface area contributed by atoms with Gasteiger partial charge in [-0.25, -0.2) is 4.98 Å². The summed E-state index contributed by atoms with van der Waals surface area (Å²) in [5, 5.41) is 20.0. The molecule has 2 N–H and O–H groups in total. The molecule has 4 aromatic rings. The quantitative estimate of drug-likeness (QED) is 0.269. The Labute approximate surface area is 195 Å². The molecule has 0 saturated carbocycles. The van der Waals surface area contributed by atoms with Gasteiger partial charge in [0.05, 0.1) is 30.2 Å². The molecular weight excluding hydrogens is 434 g/mol. The normalized spacial score (nSPS) is 17.6. The lowest BCUT2D eigenvalue weighted by Gasteiger charge is -2.38. The molecule has 3 aromatic carbocycles. The maximum Gasteiger partial charge on any atom is 0.321 e. The van der Waals surface area contributed by atoms with E-state index in [2.05, 4.69) is 0 Å². The van der Waals surface area contributed by atoms with Gasteiger partial charge in [-0.2, -0.15) is 0 Å². The number of nitrogens with zero attached hydrogens (tertiary/aromatic N) is 3. The van der Waals surface area contributed by atoms with Gasteiger partial charge >= 0.3 is 5.97 Å². The molecule has 8 nitrogen and oxygen atoms in total. The van der Waals surface area contributed by atoms with Crippen LogP contribution in [-0.2, 0) is 20.9 Å². The number of rotatable bonds is 5. The van der Waals surface area contributed by atoms with E-state index in [0.717, 1.165) is 11.1 Å². The minimum absolute atomic E-state index is 0.117. The van der Waals surface area contributed by atoms with Crippen LogP contribution in [0, 0.1) is 5.92 Å². The van der Waals surface area contributed by atoms with Crippen LogP contribution in [0.15, 0.2) is 72.8 Å². The van der Waals surface area contributed by atoms with Gasteiger partial charge in [-0.3, -0.25) is 14.5 Å². The summed E-state index contributed by atoms with van der Waals surface area (Å²) >= 11 is 0. The maximum atomic E-state index is 13.9. The van der Waals surface area contributed by atoms with Gasteiger partial charge in [0.1, 0.15) is 0 Å². The third kappa shape index (κ3) is 3.53. The van der Waals surface area contributed by atoms with Crippen molar-refractivity contribution in [1.29, 1.82) is 0 Å². The number of phenolic OH excluding ortho intramolecular Hbond substituents is 2. The zero-order valence-electron chi connectivity index (χ0n) is 18.5. The average Bonchev–Trinajstić information content (AvgIpc) is 3.22. The number of fused-ring (bicyclic) bond motifs is 3. The molecule has 1 aliphatic rings. The van der Waals surface area contributed by atoms with E-state index in [9.17, 15) is 19.8 Å². The van der Waals surface area contributed by atoms with Gasteiger partial charge < -0.3 is 19.5 Å². The van der Waals surface area contributed by atoms with Gasteiger partial charge in [-0.1, -0.05) is 48.5 Å². The number of ether oxygens (including phenoxy) is 1. The number of amides is 1. The van der Waals surface area contributed by atoms with Gasteiger partial charge in [-0.15, -0.1) is 0 Å². The van der Waals surface area contributed by atoms with Crippen molar-refractivity contribution in [3.05, 3.63) is 83.9 Å². The standard InChI is InChI=1S/C26H23N3O5/c1-2-34-25(33)22-23(17-12-13-20(30)21(31)14-17)29-19-11-7-6-10-18(19)27-26(29)28(24(22)32)15-16-8-4-3-5-9-16/h3-14,22-23,30-31H,2,15H2,1H3/t22-,23-/m1/s1. The molecule has 5 rings (SSSR count). The first-order valence-corrected chi connectivity index (χ1v) is 11.0. The first kappa shape index (κ1) is 21.5. The van der Waals surface area contributed by atoms with Crippen LogP contribution in [-0.4, -0.2) is 38.2 Å². The highest BCUT2D eigenvalue weighted by molar-refractivity contribution is 6.08. The fourth-order valence-corrected chi connectivity index (χ4v) is 4.49. The molecule has 34 heavy (non-hydrogen) atoms. The topological polar surface area (TPSA) is 105 Å².